The van der Waals surface area contributed by atoms with E-state index in [9.17, 15) is 14.4 Å². The molecule has 0 aromatic heterocycles. The molecule has 0 radical (unpaired) electrons. The van der Waals surface area contributed by atoms with E-state index in [2.05, 4.69) is 0 Å². The summed E-state index contributed by atoms with van der Waals surface area (Å²) in [6.07, 6.45) is 0.0122. The van der Waals surface area contributed by atoms with Gasteiger partial charge in [0.25, 0.3) is 5.91 Å². The topological polar surface area (TPSA) is 57.7 Å². The first-order valence-corrected chi connectivity index (χ1v) is 11.3. The number of anilines is 1. The highest BCUT2D eigenvalue weighted by Crippen LogP contribution is 2.32. The van der Waals surface area contributed by atoms with Gasteiger partial charge in [0, 0.05) is 10.0 Å². The molecule has 33 heavy (non-hydrogen) atoms. The predicted molar refractivity (Wildman–Crippen MR) is 129 cm³/mol. The van der Waals surface area contributed by atoms with Crippen molar-refractivity contribution in [3.63, 3.8) is 0 Å². The molecule has 5 nitrogen and oxygen atoms in total. The van der Waals surface area contributed by atoms with Crippen LogP contribution >= 0.6 is 23.2 Å². The van der Waals surface area contributed by atoms with Crippen molar-refractivity contribution in [2.45, 2.75) is 31.8 Å². The van der Waals surface area contributed by atoms with Crippen molar-refractivity contribution in [3.8, 4) is 0 Å². The van der Waals surface area contributed by atoms with Crippen molar-refractivity contribution in [1.29, 1.82) is 0 Å². The van der Waals surface area contributed by atoms with Crippen molar-refractivity contribution >= 4 is 46.6 Å². The van der Waals surface area contributed by atoms with Crippen LogP contribution in [0.5, 0.6) is 0 Å². The van der Waals surface area contributed by atoms with Crippen LogP contribution in [-0.2, 0) is 20.8 Å². The highest BCUT2D eigenvalue weighted by atomic mass is 35.5. The molecule has 4 rings (SSSR count). The van der Waals surface area contributed by atoms with Crippen LogP contribution in [0.4, 0.5) is 5.69 Å². The van der Waals surface area contributed by atoms with Crippen LogP contribution in [0.3, 0.4) is 0 Å². The van der Waals surface area contributed by atoms with E-state index in [1.54, 1.807) is 53.4 Å². The van der Waals surface area contributed by atoms with Gasteiger partial charge in [0.15, 0.2) is 0 Å². The fourth-order valence-corrected chi connectivity index (χ4v) is 4.37. The second kappa shape index (κ2) is 9.77. The number of carbonyl (C=O) groups is 3. The molecule has 0 bridgehead atoms. The summed E-state index contributed by atoms with van der Waals surface area (Å²) in [5.74, 6) is -1.01. The minimum Gasteiger partial charge on any atom is -0.323 e. The second-order valence-corrected chi connectivity index (χ2v) is 8.83. The van der Waals surface area contributed by atoms with Crippen LogP contribution in [0.25, 0.3) is 0 Å². The molecule has 0 N–H and O–H groups in total. The summed E-state index contributed by atoms with van der Waals surface area (Å²) in [5.41, 5.74) is 2.10. The fourth-order valence-electron chi connectivity index (χ4n) is 4.11. The van der Waals surface area contributed by atoms with Gasteiger partial charge in [0.05, 0.1) is 24.6 Å². The number of amides is 3. The monoisotopic (exact) mass is 480 g/mol. The fraction of sp³-hybridized carbons (Fsp3) is 0.192. The van der Waals surface area contributed by atoms with E-state index < -0.39 is 18.0 Å². The summed E-state index contributed by atoms with van der Waals surface area (Å²) >= 11 is 11.9. The van der Waals surface area contributed by atoms with Gasteiger partial charge >= 0.3 is 0 Å². The minimum atomic E-state index is -0.900. The van der Waals surface area contributed by atoms with Crippen LogP contribution in [0.1, 0.15) is 30.5 Å². The quantitative estimate of drug-likeness (QED) is 0.440. The van der Waals surface area contributed by atoms with Crippen LogP contribution < -0.4 is 4.90 Å². The zero-order chi connectivity index (χ0) is 23.5. The maximum Gasteiger partial charge on any atom is 0.257 e. The average molecular weight is 481 g/mol. The molecular weight excluding hydrogens is 459 g/mol. The van der Waals surface area contributed by atoms with Crippen LogP contribution in [-0.4, -0.2) is 28.7 Å². The molecule has 3 aromatic rings. The molecule has 0 saturated carbocycles. The lowest BCUT2D eigenvalue weighted by Crippen LogP contribution is -2.47. The molecule has 1 saturated heterocycles. The van der Waals surface area contributed by atoms with Gasteiger partial charge in [-0.05, 0) is 54.4 Å². The molecule has 0 aliphatic carbocycles. The third kappa shape index (κ3) is 4.95. The smallest absolute Gasteiger partial charge is 0.257 e. The van der Waals surface area contributed by atoms with Crippen LogP contribution in [0.15, 0.2) is 78.9 Å². The number of hydrogen-bond donors (Lipinski definition) is 0. The van der Waals surface area contributed by atoms with E-state index in [1.165, 1.54) is 0 Å². The highest BCUT2D eigenvalue weighted by molar-refractivity contribution is 6.31. The zero-order valence-electron chi connectivity index (χ0n) is 17.9. The number of nitrogens with zero attached hydrogens (tertiary/aromatic N) is 2. The van der Waals surface area contributed by atoms with E-state index >= 15 is 0 Å². The number of carbonyl (C=O) groups excluding carboxylic acids is 3. The number of rotatable bonds is 6. The summed E-state index contributed by atoms with van der Waals surface area (Å²) in [7, 11) is 0. The van der Waals surface area contributed by atoms with E-state index in [4.69, 9.17) is 23.2 Å². The van der Waals surface area contributed by atoms with Crippen molar-refractivity contribution < 1.29 is 14.4 Å². The summed E-state index contributed by atoms with van der Waals surface area (Å²) in [6.45, 7) is 1.87. The van der Waals surface area contributed by atoms with Gasteiger partial charge in [-0.1, -0.05) is 65.7 Å². The normalized spacial score (nSPS) is 16.7. The summed E-state index contributed by atoms with van der Waals surface area (Å²) in [4.78, 5) is 42.5. The summed E-state index contributed by atoms with van der Waals surface area (Å²) in [6, 6.07) is 21.7. The average Bonchev–Trinajstić information content (AvgIpc) is 3.10. The number of benzene rings is 3. The lowest BCUT2D eigenvalue weighted by atomic mass is 10.0. The molecule has 1 fully saturated rings. The maximum absolute atomic E-state index is 13.5. The molecule has 7 heteroatoms. The number of hydrogen-bond acceptors (Lipinski definition) is 3. The predicted octanol–water partition coefficient (Wildman–Crippen LogP) is 5.46. The molecule has 2 atom stereocenters. The Balaban J connectivity index is 1.67. The van der Waals surface area contributed by atoms with Gasteiger partial charge in [-0.2, -0.15) is 0 Å². The Morgan fingerprint density at radius 1 is 0.939 bits per heavy atom. The molecule has 1 heterocycles. The van der Waals surface area contributed by atoms with Gasteiger partial charge < -0.3 is 4.90 Å². The van der Waals surface area contributed by atoms with Gasteiger partial charge in [-0.3, -0.25) is 14.4 Å². The maximum atomic E-state index is 13.5. The molecule has 3 amide bonds. The molecule has 1 aliphatic heterocycles. The standard InChI is InChI=1S/C26H22Cl2N2O3/c1-17(19-5-3-2-4-6-19)29(24(31)15-18-7-9-20(27)10-8-18)23-16-25(32)30(26(23)33)22-13-11-21(28)12-14-22/h2-14,17,23H,15-16H2,1H3. The first-order valence-electron chi connectivity index (χ1n) is 10.6. The van der Waals surface area contributed by atoms with Gasteiger partial charge in [-0.15, -0.1) is 0 Å². The lowest BCUT2D eigenvalue weighted by molar-refractivity contribution is -0.140. The molecule has 168 valence electrons. The van der Waals surface area contributed by atoms with Gasteiger partial charge in [-0.25, -0.2) is 4.90 Å². The van der Waals surface area contributed by atoms with Crippen molar-refractivity contribution in [2.24, 2.45) is 0 Å². The number of halogens is 2. The largest absolute Gasteiger partial charge is 0.323 e. The molecule has 3 aromatic carbocycles. The van der Waals surface area contributed by atoms with Crippen molar-refractivity contribution in [2.75, 3.05) is 4.90 Å². The van der Waals surface area contributed by atoms with E-state index in [1.807, 2.05) is 37.3 Å². The van der Waals surface area contributed by atoms with Crippen molar-refractivity contribution in [1.82, 2.24) is 4.90 Å². The molecular formula is C26H22Cl2N2O3. The zero-order valence-corrected chi connectivity index (χ0v) is 19.5. The Bertz CT molecular complexity index is 1160. The van der Waals surface area contributed by atoms with Gasteiger partial charge in [0.1, 0.15) is 6.04 Å². The Morgan fingerprint density at radius 3 is 2.12 bits per heavy atom. The summed E-state index contributed by atoms with van der Waals surface area (Å²) in [5, 5.41) is 1.09. The third-order valence-corrected chi connectivity index (χ3v) is 6.30. The highest BCUT2D eigenvalue weighted by Gasteiger charge is 2.45. The lowest BCUT2D eigenvalue weighted by Gasteiger charge is -2.34. The first-order chi connectivity index (χ1) is 15.8. The minimum absolute atomic E-state index is 0.0784. The SMILES string of the molecule is CC(c1ccccc1)N(C(=O)Cc1ccc(Cl)cc1)C1CC(=O)N(c2ccc(Cl)cc2)C1=O. The Hall–Kier alpha value is -3.15. The third-order valence-electron chi connectivity index (χ3n) is 5.80. The van der Waals surface area contributed by atoms with Crippen LogP contribution in [0, 0.1) is 0 Å². The first kappa shape index (κ1) is 23.0. The van der Waals surface area contributed by atoms with E-state index in [0.717, 1.165) is 16.0 Å². The Labute approximate surface area is 202 Å². The second-order valence-electron chi connectivity index (χ2n) is 7.95. The van der Waals surface area contributed by atoms with E-state index in [0.29, 0.717) is 15.7 Å². The molecule has 1 aliphatic rings. The Morgan fingerprint density at radius 2 is 1.52 bits per heavy atom. The summed E-state index contributed by atoms with van der Waals surface area (Å²) < 4.78 is 0. The number of imide groups is 1. The van der Waals surface area contributed by atoms with Crippen molar-refractivity contribution in [3.05, 3.63) is 100 Å². The van der Waals surface area contributed by atoms with E-state index in [-0.39, 0.29) is 24.7 Å². The Kier molecular flexibility index (Phi) is 6.82. The van der Waals surface area contributed by atoms with Crippen LogP contribution in [0.2, 0.25) is 10.0 Å². The molecule has 0 spiro atoms. The van der Waals surface area contributed by atoms with Gasteiger partial charge in [0.2, 0.25) is 11.8 Å². The molecule has 2 unspecified atom stereocenters.